The molecule has 6 heteroatoms. The van der Waals surface area contributed by atoms with Crippen molar-refractivity contribution in [3.8, 4) is 5.75 Å². The molecule has 134 valence electrons. The minimum atomic E-state index is -0.222. The number of hydrogen-bond donors (Lipinski definition) is 2. The van der Waals surface area contributed by atoms with Gasteiger partial charge in [-0.25, -0.2) is 0 Å². The van der Waals surface area contributed by atoms with E-state index in [2.05, 4.69) is 10.6 Å². The molecule has 0 spiro atoms. The summed E-state index contributed by atoms with van der Waals surface area (Å²) in [5.74, 6) is 0.842. The molecule has 2 amide bonds. The van der Waals surface area contributed by atoms with Gasteiger partial charge in [0.05, 0.1) is 23.2 Å². The molecule has 1 saturated carbocycles. The average molecular weight is 368 g/mol. The number of benzene rings is 2. The Balaban J connectivity index is 1.51. The second-order valence-electron chi connectivity index (χ2n) is 6.52. The summed E-state index contributed by atoms with van der Waals surface area (Å²) in [7, 11) is 0. The number of carbonyl (C=O) groups excluding carboxylic acids is 2. The fraction of sp³-hybridized carbons (Fsp3) is 0.300. The lowest BCUT2D eigenvalue weighted by atomic mass is 10.1. The van der Waals surface area contributed by atoms with Crippen LogP contribution in [0.3, 0.4) is 0 Å². The summed E-state index contributed by atoms with van der Waals surface area (Å²) in [6.45, 7) is 0. The third kappa shape index (κ3) is 3.70. The Kier molecular flexibility index (Phi) is 4.84. The first-order valence-corrected chi connectivity index (χ1v) is 9.81. The highest BCUT2D eigenvalue weighted by molar-refractivity contribution is 8.00. The van der Waals surface area contributed by atoms with Crippen molar-refractivity contribution < 1.29 is 14.3 Å². The molecule has 1 aliphatic carbocycles. The Morgan fingerprint density at radius 2 is 1.96 bits per heavy atom. The third-order valence-electron chi connectivity index (χ3n) is 4.61. The second-order valence-corrected chi connectivity index (χ2v) is 7.54. The van der Waals surface area contributed by atoms with Gasteiger partial charge in [-0.05, 0) is 56.0 Å². The number of anilines is 2. The van der Waals surface area contributed by atoms with Crippen molar-refractivity contribution >= 4 is 35.0 Å². The van der Waals surface area contributed by atoms with Crippen LogP contribution in [0.1, 0.15) is 36.0 Å². The van der Waals surface area contributed by atoms with E-state index in [1.54, 1.807) is 12.1 Å². The topological polar surface area (TPSA) is 67.4 Å². The molecule has 2 N–H and O–H groups in total. The molecule has 1 aliphatic heterocycles. The molecular weight excluding hydrogens is 348 g/mol. The van der Waals surface area contributed by atoms with E-state index in [4.69, 9.17) is 4.74 Å². The number of amides is 2. The maximum Gasteiger partial charge on any atom is 0.255 e. The molecular formula is C20H20N2O3S. The van der Waals surface area contributed by atoms with Crippen LogP contribution in [0.15, 0.2) is 47.4 Å². The molecule has 26 heavy (non-hydrogen) atoms. The Morgan fingerprint density at radius 1 is 1.15 bits per heavy atom. The number of ether oxygens (including phenoxy) is 1. The first-order valence-electron chi connectivity index (χ1n) is 8.83. The molecule has 0 unspecified atom stereocenters. The first-order chi connectivity index (χ1) is 12.7. The maximum absolute atomic E-state index is 12.7. The van der Waals surface area contributed by atoms with Gasteiger partial charge in [0.15, 0.2) is 0 Å². The van der Waals surface area contributed by atoms with Gasteiger partial charge in [0.1, 0.15) is 5.75 Å². The highest BCUT2D eigenvalue weighted by atomic mass is 32.2. The molecule has 2 aromatic rings. The highest BCUT2D eigenvalue weighted by Crippen LogP contribution is 2.33. The molecule has 4 rings (SSSR count). The minimum Gasteiger partial charge on any atom is -0.488 e. The Labute approximate surface area is 156 Å². The number of thioether (sulfide) groups is 1. The Bertz CT molecular complexity index is 847. The van der Waals surface area contributed by atoms with Crippen molar-refractivity contribution in [2.24, 2.45) is 0 Å². The lowest BCUT2D eigenvalue weighted by molar-refractivity contribution is -0.113. The molecule has 2 aliphatic rings. The quantitative estimate of drug-likeness (QED) is 0.844. The Hall–Kier alpha value is -2.47. The predicted octanol–water partition coefficient (Wildman–Crippen LogP) is 4.30. The van der Waals surface area contributed by atoms with E-state index < -0.39 is 0 Å². The number of para-hydroxylation sites is 2. The van der Waals surface area contributed by atoms with Crippen LogP contribution in [0.5, 0.6) is 5.75 Å². The zero-order valence-corrected chi connectivity index (χ0v) is 15.1. The van der Waals surface area contributed by atoms with Gasteiger partial charge in [-0.3, -0.25) is 9.59 Å². The van der Waals surface area contributed by atoms with Crippen molar-refractivity contribution in [2.45, 2.75) is 36.7 Å². The molecule has 0 saturated heterocycles. The summed E-state index contributed by atoms with van der Waals surface area (Å²) in [6, 6.07) is 12.9. The zero-order chi connectivity index (χ0) is 17.9. The van der Waals surface area contributed by atoms with Gasteiger partial charge in [-0.2, -0.15) is 0 Å². The third-order valence-corrected chi connectivity index (χ3v) is 5.68. The molecule has 1 fully saturated rings. The van der Waals surface area contributed by atoms with Gasteiger partial charge in [-0.15, -0.1) is 11.8 Å². The van der Waals surface area contributed by atoms with E-state index in [1.165, 1.54) is 24.6 Å². The number of carbonyl (C=O) groups is 2. The molecule has 0 radical (unpaired) electrons. The largest absolute Gasteiger partial charge is 0.488 e. The second kappa shape index (κ2) is 7.41. The van der Waals surface area contributed by atoms with Crippen LogP contribution in [0.25, 0.3) is 0 Å². The normalized spacial score (nSPS) is 16.7. The SMILES string of the molecule is O=C1CSc2ccc(C(=O)Nc3ccccc3OC3CCCC3)cc2N1. The molecule has 2 aromatic carbocycles. The molecule has 5 nitrogen and oxygen atoms in total. The van der Waals surface area contributed by atoms with Crippen LogP contribution in [-0.2, 0) is 4.79 Å². The maximum atomic E-state index is 12.7. The van der Waals surface area contributed by atoms with Crippen molar-refractivity contribution in [3.05, 3.63) is 48.0 Å². The number of nitrogens with one attached hydrogen (secondary N) is 2. The highest BCUT2D eigenvalue weighted by Gasteiger charge is 2.20. The van der Waals surface area contributed by atoms with E-state index >= 15 is 0 Å². The summed E-state index contributed by atoms with van der Waals surface area (Å²) in [4.78, 5) is 25.2. The van der Waals surface area contributed by atoms with Gasteiger partial charge < -0.3 is 15.4 Å². The zero-order valence-electron chi connectivity index (χ0n) is 14.3. The first kappa shape index (κ1) is 17.0. The van der Waals surface area contributed by atoms with Crippen molar-refractivity contribution in [2.75, 3.05) is 16.4 Å². The van der Waals surface area contributed by atoms with E-state index in [1.807, 2.05) is 30.3 Å². The lowest BCUT2D eigenvalue weighted by Gasteiger charge is -2.18. The molecule has 0 aromatic heterocycles. The summed E-state index contributed by atoms with van der Waals surface area (Å²) in [6.07, 6.45) is 4.73. The van der Waals surface area contributed by atoms with Crippen LogP contribution >= 0.6 is 11.8 Å². The van der Waals surface area contributed by atoms with E-state index in [9.17, 15) is 9.59 Å². The van der Waals surface area contributed by atoms with E-state index in [0.717, 1.165) is 17.7 Å². The lowest BCUT2D eigenvalue weighted by Crippen LogP contribution is -2.20. The summed E-state index contributed by atoms with van der Waals surface area (Å²) >= 11 is 1.48. The monoisotopic (exact) mass is 368 g/mol. The fourth-order valence-electron chi connectivity index (χ4n) is 3.28. The van der Waals surface area contributed by atoms with Gasteiger partial charge in [0, 0.05) is 10.5 Å². The van der Waals surface area contributed by atoms with Crippen LogP contribution in [0.2, 0.25) is 0 Å². The van der Waals surface area contributed by atoms with Crippen LogP contribution in [0, 0.1) is 0 Å². The van der Waals surface area contributed by atoms with E-state index in [0.29, 0.717) is 28.4 Å². The summed E-state index contributed by atoms with van der Waals surface area (Å²) in [5, 5.41) is 5.75. The number of fused-ring (bicyclic) bond motifs is 1. The van der Waals surface area contributed by atoms with Crippen LogP contribution < -0.4 is 15.4 Å². The van der Waals surface area contributed by atoms with Crippen LogP contribution in [-0.4, -0.2) is 23.7 Å². The van der Waals surface area contributed by atoms with Gasteiger partial charge in [0.25, 0.3) is 5.91 Å². The Morgan fingerprint density at radius 3 is 2.81 bits per heavy atom. The van der Waals surface area contributed by atoms with Crippen molar-refractivity contribution in [3.63, 3.8) is 0 Å². The van der Waals surface area contributed by atoms with Gasteiger partial charge >= 0.3 is 0 Å². The van der Waals surface area contributed by atoms with E-state index in [-0.39, 0.29) is 17.9 Å². The van der Waals surface area contributed by atoms with Crippen molar-refractivity contribution in [1.29, 1.82) is 0 Å². The average Bonchev–Trinajstić information content (AvgIpc) is 3.15. The van der Waals surface area contributed by atoms with Gasteiger partial charge in [0.2, 0.25) is 5.91 Å². The standard InChI is InChI=1S/C20H20N2O3S/c23-19-12-26-18-10-9-13(11-16(18)21-19)20(24)22-15-7-3-4-8-17(15)25-14-5-1-2-6-14/h3-4,7-11,14H,1-2,5-6,12H2,(H,21,23)(H,22,24). The number of hydrogen-bond acceptors (Lipinski definition) is 4. The van der Waals surface area contributed by atoms with Gasteiger partial charge in [-0.1, -0.05) is 12.1 Å². The fourth-order valence-corrected chi connectivity index (χ4v) is 4.07. The van der Waals surface area contributed by atoms with Crippen LogP contribution in [0.4, 0.5) is 11.4 Å². The molecule has 0 atom stereocenters. The van der Waals surface area contributed by atoms with Crippen molar-refractivity contribution in [1.82, 2.24) is 0 Å². The predicted molar refractivity (Wildman–Crippen MR) is 103 cm³/mol. The molecule has 1 heterocycles. The minimum absolute atomic E-state index is 0.0460. The summed E-state index contributed by atoms with van der Waals surface area (Å²) in [5.41, 5.74) is 1.86. The smallest absolute Gasteiger partial charge is 0.255 e. The number of rotatable bonds is 4. The molecule has 0 bridgehead atoms. The summed E-state index contributed by atoms with van der Waals surface area (Å²) < 4.78 is 6.07.